The molecule has 0 fully saturated rings. The van der Waals surface area contributed by atoms with E-state index in [4.69, 9.17) is 5.11 Å². The van der Waals surface area contributed by atoms with Gasteiger partial charge in [-0.15, -0.1) is 4.65 Å². The molecule has 14 heavy (non-hydrogen) atoms. The van der Waals surface area contributed by atoms with Crippen LogP contribution in [0.15, 0.2) is 12.4 Å². The molecule has 0 aromatic heterocycles. The summed E-state index contributed by atoms with van der Waals surface area (Å²) in [6, 6.07) is 0. The lowest BCUT2D eigenvalue weighted by atomic mass is 10.3. The van der Waals surface area contributed by atoms with Crippen LogP contribution in [0.4, 0.5) is 0 Å². The van der Waals surface area contributed by atoms with Gasteiger partial charge in [0.2, 0.25) is 6.17 Å². The van der Waals surface area contributed by atoms with Crippen molar-refractivity contribution in [1.29, 1.82) is 0 Å². The first-order valence-corrected chi connectivity index (χ1v) is 4.76. The van der Waals surface area contributed by atoms with Gasteiger partial charge in [0.1, 0.15) is 19.4 Å². The quantitative estimate of drug-likeness (QED) is 0.528. The van der Waals surface area contributed by atoms with E-state index in [2.05, 4.69) is 6.92 Å². The Labute approximate surface area is 91.4 Å². The fourth-order valence-corrected chi connectivity index (χ4v) is 1.64. The third-order valence-electron chi connectivity index (χ3n) is 2.58. The van der Waals surface area contributed by atoms with Crippen molar-refractivity contribution in [3.8, 4) is 0 Å². The summed E-state index contributed by atoms with van der Waals surface area (Å²) in [4.78, 5) is 1.84. The third kappa shape index (κ3) is 2.60. The summed E-state index contributed by atoms with van der Waals surface area (Å²) in [5.41, 5.74) is 0. The first-order valence-electron chi connectivity index (χ1n) is 4.76. The SMILES string of the molecule is CCCC[N+]1(O)C=CN(C)C1CO.[Cl-]. The molecule has 4 nitrogen and oxygen atoms in total. The molecule has 0 aliphatic carbocycles. The van der Waals surface area contributed by atoms with Crippen LogP contribution in [0.2, 0.25) is 0 Å². The normalized spacial score (nSPS) is 30.6. The number of aliphatic hydroxyl groups is 1. The average molecular weight is 223 g/mol. The summed E-state index contributed by atoms with van der Waals surface area (Å²) in [5, 5.41) is 19.2. The molecule has 2 unspecified atom stereocenters. The van der Waals surface area contributed by atoms with Crippen molar-refractivity contribution in [2.24, 2.45) is 0 Å². The van der Waals surface area contributed by atoms with Gasteiger partial charge in [-0.2, -0.15) is 0 Å². The van der Waals surface area contributed by atoms with Gasteiger partial charge < -0.3 is 22.4 Å². The van der Waals surface area contributed by atoms with Crippen LogP contribution in [0, 0.1) is 0 Å². The van der Waals surface area contributed by atoms with Crippen LogP contribution < -0.4 is 12.4 Å². The highest BCUT2D eigenvalue weighted by Gasteiger charge is 2.40. The highest BCUT2D eigenvalue weighted by Crippen LogP contribution is 2.22. The molecule has 0 saturated carbocycles. The van der Waals surface area contributed by atoms with Crippen LogP contribution >= 0.6 is 0 Å². The van der Waals surface area contributed by atoms with Crippen molar-refractivity contribution in [3.05, 3.63) is 12.4 Å². The van der Waals surface area contributed by atoms with E-state index < -0.39 is 0 Å². The van der Waals surface area contributed by atoms with E-state index in [9.17, 15) is 5.21 Å². The van der Waals surface area contributed by atoms with Gasteiger partial charge in [0, 0.05) is 7.05 Å². The molecular formula is C9H19ClN2O2. The standard InChI is InChI=1S/C9H19N2O2.ClH/c1-3-4-6-11(13)7-5-10(2)9(11)8-12;/h5,7,9,12-13H,3-4,6,8H2,1-2H3;1H/q+1;/p-1. The summed E-state index contributed by atoms with van der Waals surface area (Å²) in [6.07, 6.45) is 5.33. The van der Waals surface area contributed by atoms with Crippen molar-refractivity contribution in [1.82, 2.24) is 4.90 Å². The number of rotatable bonds is 4. The lowest BCUT2D eigenvalue weighted by Gasteiger charge is -2.31. The molecule has 84 valence electrons. The Hall–Kier alpha value is -0.290. The zero-order valence-electron chi connectivity index (χ0n) is 8.73. The number of hydroxylamine groups is 3. The van der Waals surface area contributed by atoms with Crippen LogP contribution in [0.25, 0.3) is 0 Å². The Kier molecular flexibility index (Phi) is 5.44. The molecule has 2 N–H and O–H groups in total. The van der Waals surface area contributed by atoms with E-state index in [-0.39, 0.29) is 29.8 Å². The smallest absolute Gasteiger partial charge is 0.222 e. The van der Waals surface area contributed by atoms with E-state index in [1.165, 1.54) is 0 Å². The Morgan fingerprint density at radius 2 is 2.14 bits per heavy atom. The van der Waals surface area contributed by atoms with Crippen molar-refractivity contribution in [2.45, 2.75) is 25.9 Å². The van der Waals surface area contributed by atoms with E-state index in [0.717, 1.165) is 12.8 Å². The number of quaternary nitrogens is 1. The Morgan fingerprint density at radius 1 is 1.50 bits per heavy atom. The average Bonchev–Trinajstić information content (AvgIpc) is 2.40. The predicted molar refractivity (Wildman–Crippen MR) is 49.6 cm³/mol. The summed E-state index contributed by atoms with van der Waals surface area (Å²) in [6.45, 7) is 2.73. The van der Waals surface area contributed by atoms with E-state index in [1.54, 1.807) is 6.20 Å². The first kappa shape index (κ1) is 13.7. The topological polar surface area (TPSA) is 43.7 Å². The van der Waals surface area contributed by atoms with Crippen molar-refractivity contribution < 1.29 is 27.4 Å². The van der Waals surface area contributed by atoms with Crippen molar-refractivity contribution >= 4 is 0 Å². The molecule has 0 spiro atoms. The van der Waals surface area contributed by atoms with E-state index >= 15 is 0 Å². The molecule has 1 aliphatic rings. The van der Waals surface area contributed by atoms with Gasteiger partial charge >= 0.3 is 0 Å². The summed E-state index contributed by atoms with van der Waals surface area (Å²) >= 11 is 0. The fraction of sp³-hybridized carbons (Fsp3) is 0.778. The Balaban J connectivity index is 0.00000169. The maximum Gasteiger partial charge on any atom is 0.222 e. The summed E-state index contributed by atoms with van der Waals surface area (Å²) in [7, 11) is 1.86. The van der Waals surface area contributed by atoms with Crippen LogP contribution in [0.5, 0.6) is 0 Å². The molecular weight excluding hydrogens is 204 g/mol. The molecule has 1 heterocycles. The Bertz CT molecular complexity index is 201. The minimum absolute atomic E-state index is 0. The lowest BCUT2D eigenvalue weighted by molar-refractivity contribution is -1.08. The van der Waals surface area contributed by atoms with Crippen LogP contribution in [0.1, 0.15) is 19.8 Å². The van der Waals surface area contributed by atoms with Crippen LogP contribution in [-0.2, 0) is 0 Å². The molecule has 0 radical (unpaired) electrons. The van der Waals surface area contributed by atoms with Gasteiger partial charge in [-0.25, -0.2) is 5.21 Å². The number of hydrogen-bond acceptors (Lipinski definition) is 3. The van der Waals surface area contributed by atoms with Gasteiger partial charge in [-0.05, 0) is 6.42 Å². The van der Waals surface area contributed by atoms with Crippen molar-refractivity contribution in [3.63, 3.8) is 0 Å². The number of unbranched alkanes of at least 4 members (excludes halogenated alkanes) is 1. The monoisotopic (exact) mass is 222 g/mol. The van der Waals surface area contributed by atoms with Gasteiger partial charge in [0.05, 0.1) is 6.20 Å². The van der Waals surface area contributed by atoms with Crippen molar-refractivity contribution in [2.75, 3.05) is 20.2 Å². The summed E-state index contributed by atoms with van der Waals surface area (Å²) < 4.78 is -0.152. The maximum absolute atomic E-state index is 10.1. The Morgan fingerprint density at radius 3 is 2.64 bits per heavy atom. The third-order valence-corrected chi connectivity index (χ3v) is 2.58. The molecule has 0 aromatic rings. The zero-order chi connectivity index (χ0) is 9.90. The van der Waals surface area contributed by atoms with E-state index in [1.807, 2.05) is 18.1 Å². The highest BCUT2D eigenvalue weighted by atomic mass is 35.5. The highest BCUT2D eigenvalue weighted by molar-refractivity contribution is 4.83. The fourth-order valence-electron chi connectivity index (χ4n) is 1.64. The summed E-state index contributed by atoms with van der Waals surface area (Å²) in [5.74, 6) is 0. The second-order valence-electron chi connectivity index (χ2n) is 3.59. The molecule has 5 heteroatoms. The van der Waals surface area contributed by atoms with Gasteiger partial charge in [0.15, 0.2) is 0 Å². The molecule has 0 aromatic carbocycles. The first-order chi connectivity index (χ1) is 6.14. The lowest BCUT2D eigenvalue weighted by Crippen LogP contribution is -3.00. The zero-order valence-corrected chi connectivity index (χ0v) is 9.48. The second kappa shape index (κ2) is 5.56. The van der Waals surface area contributed by atoms with Gasteiger partial charge in [-0.1, -0.05) is 13.3 Å². The number of aliphatic hydroxyl groups excluding tert-OH is 1. The van der Waals surface area contributed by atoms with Gasteiger partial charge in [0.25, 0.3) is 0 Å². The predicted octanol–water partition coefficient (Wildman–Crippen LogP) is -2.27. The van der Waals surface area contributed by atoms with E-state index in [0.29, 0.717) is 6.54 Å². The molecule has 2 atom stereocenters. The number of hydrogen-bond donors (Lipinski definition) is 2. The number of halogens is 1. The second-order valence-corrected chi connectivity index (χ2v) is 3.59. The molecule has 1 rings (SSSR count). The largest absolute Gasteiger partial charge is 1.00 e. The van der Waals surface area contributed by atoms with Crippen LogP contribution in [-0.4, -0.2) is 46.2 Å². The number of nitrogens with zero attached hydrogens (tertiary/aromatic N) is 2. The minimum Gasteiger partial charge on any atom is -1.00 e. The molecule has 0 saturated heterocycles. The molecule has 1 aliphatic heterocycles. The minimum atomic E-state index is -0.230. The maximum atomic E-state index is 10.1. The molecule has 0 bridgehead atoms. The number of likely N-dealkylation sites (N-methyl/N-ethyl adjacent to an activating group) is 1. The van der Waals surface area contributed by atoms with Crippen LogP contribution in [0.3, 0.4) is 0 Å². The molecule has 0 amide bonds. The van der Waals surface area contributed by atoms with Gasteiger partial charge in [-0.3, -0.25) is 0 Å².